The summed E-state index contributed by atoms with van der Waals surface area (Å²) >= 11 is 0. The molecule has 182 valence electrons. The van der Waals surface area contributed by atoms with Crippen molar-refractivity contribution in [3.63, 3.8) is 0 Å². The van der Waals surface area contributed by atoms with Gasteiger partial charge in [0.25, 0.3) is 0 Å². The van der Waals surface area contributed by atoms with E-state index in [0.717, 1.165) is 41.9 Å². The molecule has 0 saturated heterocycles. The molecule has 2 aromatic rings. The lowest BCUT2D eigenvalue weighted by Gasteiger charge is -2.14. The van der Waals surface area contributed by atoms with Gasteiger partial charge in [-0.1, -0.05) is 0 Å². The largest absolute Gasteiger partial charge is 1.00 e. The third-order valence-electron chi connectivity index (χ3n) is 5.26. The second-order valence-corrected chi connectivity index (χ2v) is 8.61. The number of carbonyl (C=O) groups excluding carboxylic acids is 2. The maximum Gasteiger partial charge on any atom is 0.407 e. The van der Waals surface area contributed by atoms with E-state index in [1.54, 1.807) is 13.2 Å². The van der Waals surface area contributed by atoms with Crippen molar-refractivity contribution in [1.82, 2.24) is 15.2 Å². The highest BCUT2D eigenvalue weighted by molar-refractivity contribution is 5.71. The molecule has 0 spiro atoms. The number of fused-ring (bicyclic) bond motifs is 1. The molecule has 3 rings (SSSR count). The number of pyridine rings is 1. The Morgan fingerprint density at radius 1 is 1.09 bits per heavy atom. The van der Waals surface area contributed by atoms with E-state index < -0.39 is 12.2 Å². The van der Waals surface area contributed by atoms with Crippen molar-refractivity contribution in [1.29, 1.82) is 0 Å². The fourth-order valence-corrected chi connectivity index (χ4v) is 3.89. The summed E-state index contributed by atoms with van der Waals surface area (Å²) in [6.07, 6.45) is 2.35. The number of hydrogen-bond donors (Lipinski definition) is 2. The average Bonchev–Trinajstić information content (AvgIpc) is 3.26. The Morgan fingerprint density at radius 3 is 2.21 bits per heavy atom. The number of nitrogens with one attached hydrogen (secondary N) is 2. The Bertz CT molecular complexity index is 1010. The molecule has 0 saturated carbocycles. The van der Waals surface area contributed by atoms with Crippen molar-refractivity contribution in [3.05, 3.63) is 41.1 Å². The zero-order valence-electron chi connectivity index (χ0n) is 19.7. The van der Waals surface area contributed by atoms with Crippen LogP contribution in [0.15, 0.2) is 18.3 Å². The predicted molar refractivity (Wildman–Crippen MR) is 116 cm³/mol. The first-order valence-corrected chi connectivity index (χ1v) is 10.9. The van der Waals surface area contributed by atoms with Crippen LogP contribution >= 0.6 is 0 Å². The standard InChI is InChI=1S/C23H31FN4O4.HI/c1-14(2)25-22(29)31-12-17-18(13-32-23(30)26-15(3)4)21(28-9-6-7-19(17)28)16-8-10-27(5)20(24)11-16;/h8,10-11,14-15H,6-7,9,12-13H2,1-5H3,(H-,25,26,29,30);1H. The minimum Gasteiger partial charge on any atom is -1.00 e. The number of ether oxygens (including phenoxy) is 2. The van der Waals surface area contributed by atoms with E-state index >= 15 is 0 Å². The molecule has 2 amide bonds. The molecule has 1 aliphatic heterocycles. The molecule has 1 aliphatic rings. The molecule has 33 heavy (non-hydrogen) atoms. The fourth-order valence-electron chi connectivity index (χ4n) is 3.89. The Hall–Kier alpha value is -2.37. The molecule has 2 N–H and O–H groups in total. The number of rotatable bonds is 7. The summed E-state index contributed by atoms with van der Waals surface area (Å²) in [7, 11) is 1.63. The number of aromatic nitrogens is 2. The van der Waals surface area contributed by atoms with Crippen molar-refractivity contribution >= 4 is 12.2 Å². The van der Waals surface area contributed by atoms with E-state index in [1.807, 2.05) is 33.8 Å². The zero-order chi connectivity index (χ0) is 23.4. The lowest BCUT2D eigenvalue weighted by molar-refractivity contribution is -0.700. The Kier molecular flexibility index (Phi) is 9.50. The predicted octanol–water partition coefficient (Wildman–Crippen LogP) is 0.338. The highest BCUT2D eigenvalue weighted by Gasteiger charge is 2.29. The minimum absolute atomic E-state index is 0. The van der Waals surface area contributed by atoms with Crippen LogP contribution < -0.4 is 39.2 Å². The summed E-state index contributed by atoms with van der Waals surface area (Å²) < 4.78 is 28.8. The van der Waals surface area contributed by atoms with E-state index in [0.29, 0.717) is 5.56 Å². The number of halogens is 2. The number of carbonyl (C=O) groups is 2. The number of hydrogen-bond acceptors (Lipinski definition) is 4. The smallest absolute Gasteiger partial charge is 0.407 e. The molecule has 0 aromatic carbocycles. The number of aryl methyl sites for hydroxylation is 1. The molecule has 0 atom stereocenters. The van der Waals surface area contributed by atoms with Crippen LogP contribution in [0, 0.1) is 5.95 Å². The van der Waals surface area contributed by atoms with Crippen LogP contribution in [-0.2, 0) is 42.7 Å². The molecule has 3 heterocycles. The quantitative estimate of drug-likeness (QED) is 0.284. The third-order valence-corrected chi connectivity index (χ3v) is 5.26. The van der Waals surface area contributed by atoms with Gasteiger partial charge in [-0.2, -0.15) is 4.57 Å². The molecule has 0 aliphatic carbocycles. The van der Waals surface area contributed by atoms with Crippen LogP contribution in [-0.4, -0.2) is 28.8 Å². The first kappa shape index (κ1) is 26.9. The monoisotopic (exact) mass is 574 g/mol. The molecule has 0 bridgehead atoms. The molecule has 0 fully saturated rings. The number of nitrogens with zero attached hydrogens (tertiary/aromatic N) is 2. The van der Waals surface area contributed by atoms with Gasteiger partial charge in [-0.15, -0.1) is 4.39 Å². The normalized spacial score (nSPS) is 12.4. The molecule has 0 radical (unpaired) electrons. The SMILES string of the molecule is CC(C)NC(=O)OCc1c(COC(=O)NC(C)C)c(-c2cc[n+](C)c(F)c2)n2c1CCC2.[I-]. The summed E-state index contributed by atoms with van der Waals surface area (Å²) in [5.41, 5.74) is 4.03. The van der Waals surface area contributed by atoms with E-state index in [4.69, 9.17) is 9.47 Å². The fraction of sp³-hybridized carbons (Fsp3) is 0.522. The van der Waals surface area contributed by atoms with Crippen molar-refractivity contribution in [2.24, 2.45) is 7.05 Å². The van der Waals surface area contributed by atoms with Crippen molar-refractivity contribution in [2.45, 2.75) is 72.4 Å². The topological polar surface area (TPSA) is 85.5 Å². The summed E-state index contributed by atoms with van der Waals surface area (Å²) in [5, 5.41) is 5.41. The Labute approximate surface area is 210 Å². The van der Waals surface area contributed by atoms with Gasteiger partial charge in [0, 0.05) is 47.1 Å². The van der Waals surface area contributed by atoms with E-state index in [-0.39, 0.29) is 55.2 Å². The van der Waals surface area contributed by atoms with E-state index in [2.05, 4.69) is 15.2 Å². The van der Waals surface area contributed by atoms with Crippen molar-refractivity contribution in [3.8, 4) is 11.3 Å². The van der Waals surface area contributed by atoms with Crippen LogP contribution in [0.1, 0.15) is 50.9 Å². The van der Waals surface area contributed by atoms with Gasteiger partial charge in [0.2, 0.25) is 0 Å². The Balaban J connectivity index is 0.00000385. The number of alkyl carbamates (subject to hydrolysis) is 2. The maximum absolute atomic E-state index is 14.4. The van der Waals surface area contributed by atoms with Crippen LogP contribution in [0.4, 0.5) is 14.0 Å². The van der Waals surface area contributed by atoms with Gasteiger partial charge in [0.05, 0.1) is 11.8 Å². The lowest BCUT2D eigenvalue weighted by atomic mass is 10.0. The van der Waals surface area contributed by atoms with Crippen LogP contribution in [0.5, 0.6) is 0 Å². The van der Waals surface area contributed by atoms with Crippen molar-refractivity contribution in [2.75, 3.05) is 0 Å². The molecular weight excluding hydrogens is 542 g/mol. The summed E-state index contributed by atoms with van der Waals surface area (Å²) in [5.74, 6) is -0.380. The number of amides is 2. The Morgan fingerprint density at radius 2 is 1.67 bits per heavy atom. The molecule has 2 aromatic heterocycles. The van der Waals surface area contributed by atoms with Crippen LogP contribution in [0.3, 0.4) is 0 Å². The minimum atomic E-state index is -0.535. The van der Waals surface area contributed by atoms with Gasteiger partial charge < -0.3 is 48.7 Å². The zero-order valence-corrected chi connectivity index (χ0v) is 21.9. The first-order chi connectivity index (χ1) is 15.2. The maximum atomic E-state index is 14.4. The van der Waals surface area contributed by atoms with Gasteiger partial charge in [-0.25, -0.2) is 9.59 Å². The van der Waals surface area contributed by atoms with Gasteiger partial charge in [0.15, 0.2) is 6.20 Å². The van der Waals surface area contributed by atoms with E-state index in [9.17, 15) is 14.0 Å². The second-order valence-electron chi connectivity index (χ2n) is 8.61. The van der Waals surface area contributed by atoms with Gasteiger partial charge in [-0.3, -0.25) is 0 Å². The van der Waals surface area contributed by atoms with Crippen LogP contribution in [0.2, 0.25) is 0 Å². The van der Waals surface area contributed by atoms with E-state index in [1.165, 1.54) is 10.6 Å². The third kappa shape index (κ3) is 6.58. The van der Waals surface area contributed by atoms with Crippen molar-refractivity contribution < 1.29 is 52.0 Å². The summed E-state index contributed by atoms with van der Waals surface area (Å²) in [6.45, 7) is 8.19. The molecule has 8 nitrogen and oxygen atoms in total. The van der Waals surface area contributed by atoms with Crippen LogP contribution in [0.25, 0.3) is 11.3 Å². The summed E-state index contributed by atoms with van der Waals surface area (Å²) in [6, 6.07) is 3.19. The molecule has 10 heteroatoms. The summed E-state index contributed by atoms with van der Waals surface area (Å²) in [4.78, 5) is 24.2. The molecule has 0 unspecified atom stereocenters. The highest BCUT2D eigenvalue weighted by atomic mass is 127. The van der Waals surface area contributed by atoms with Gasteiger partial charge in [0.1, 0.15) is 20.3 Å². The van der Waals surface area contributed by atoms with Gasteiger partial charge in [-0.05, 0) is 40.5 Å². The molecular formula is C23H32FIN4O4. The first-order valence-electron chi connectivity index (χ1n) is 10.9. The average molecular weight is 574 g/mol. The lowest BCUT2D eigenvalue weighted by Crippen LogP contribution is -3.00. The van der Waals surface area contributed by atoms with Gasteiger partial charge >= 0.3 is 18.1 Å². The highest BCUT2D eigenvalue weighted by Crippen LogP contribution is 2.37. The second kappa shape index (κ2) is 11.7.